The van der Waals surface area contributed by atoms with Crippen LogP contribution in [0.25, 0.3) is 0 Å². The lowest BCUT2D eigenvalue weighted by molar-refractivity contribution is -0.133. The monoisotopic (exact) mass is 337 g/mol. The molecule has 0 aliphatic heterocycles. The van der Waals surface area contributed by atoms with Crippen LogP contribution in [0, 0.1) is 5.82 Å². The summed E-state index contributed by atoms with van der Waals surface area (Å²) in [5.41, 5.74) is 0. The van der Waals surface area contributed by atoms with Crippen LogP contribution in [0.3, 0.4) is 0 Å². The minimum atomic E-state index is -0.596. The normalized spacial score (nSPS) is 10.3. The molecule has 1 amide bonds. The van der Waals surface area contributed by atoms with E-state index in [2.05, 4.69) is 15.9 Å². The van der Waals surface area contributed by atoms with Crippen LogP contribution in [-0.2, 0) is 4.79 Å². The number of halogens is 3. The molecule has 0 aromatic heterocycles. The molecule has 0 aliphatic rings. The molecule has 1 aromatic rings. The molecule has 0 heterocycles. The van der Waals surface area contributed by atoms with Crippen molar-refractivity contribution in [1.29, 1.82) is 0 Å². The highest BCUT2D eigenvalue weighted by Crippen LogP contribution is 2.31. The topological polar surface area (TPSA) is 29.5 Å². The minimum Gasteiger partial charge on any atom is -0.479 e. The number of benzene rings is 1. The van der Waals surface area contributed by atoms with E-state index in [0.29, 0.717) is 17.6 Å². The number of hydrogen-bond acceptors (Lipinski definition) is 2. The summed E-state index contributed by atoms with van der Waals surface area (Å²) in [6.45, 7) is 4.76. The Hall–Kier alpha value is -0.810. The Bertz CT molecular complexity index is 415. The summed E-state index contributed by atoms with van der Waals surface area (Å²) < 4.78 is 19.1. The first-order valence-electron chi connectivity index (χ1n) is 5.54. The Labute approximate surface area is 119 Å². The van der Waals surface area contributed by atoms with Crippen LogP contribution in [0.4, 0.5) is 4.39 Å². The van der Waals surface area contributed by atoms with E-state index in [0.717, 1.165) is 6.07 Å². The Balaban J connectivity index is 2.72. The van der Waals surface area contributed by atoms with Gasteiger partial charge >= 0.3 is 0 Å². The summed E-state index contributed by atoms with van der Waals surface area (Å²) in [5.74, 6) is -0.775. The van der Waals surface area contributed by atoms with Crippen LogP contribution >= 0.6 is 27.5 Å². The number of amides is 1. The summed E-state index contributed by atoms with van der Waals surface area (Å²) in [6.07, 6.45) is 0. The van der Waals surface area contributed by atoms with Gasteiger partial charge in [-0.3, -0.25) is 4.79 Å². The van der Waals surface area contributed by atoms with Crippen LogP contribution in [0.2, 0.25) is 5.02 Å². The second-order valence-corrected chi connectivity index (χ2v) is 4.84. The van der Waals surface area contributed by atoms with Gasteiger partial charge in [0.1, 0.15) is 0 Å². The summed E-state index contributed by atoms with van der Waals surface area (Å²) in [7, 11) is 0. The van der Waals surface area contributed by atoms with Crippen LogP contribution in [0.5, 0.6) is 5.75 Å². The average Bonchev–Trinajstić information content (AvgIpc) is 2.29. The van der Waals surface area contributed by atoms with Gasteiger partial charge in [0.25, 0.3) is 5.91 Å². The van der Waals surface area contributed by atoms with Gasteiger partial charge in [-0.2, -0.15) is 0 Å². The third kappa shape index (κ3) is 3.85. The zero-order valence-corrected chi connectivity index (χ0v) is 12.5. The number of rotatable bonds is 5. The standard InChI is InChI=1S/C12H14BrClFNO2/c1-3-16(4-2)11(17)7-18-12-9(13)5-8(14)6-10(12)15/h5-6H,3-4,7H2,1-2H3. The van der Waals surface area contributed by atoms with Crippen molar-refractivity contribution in [1.82, 2.24) is 4.90 Å². The number of hydrogen-bond donors (Lipinski definition) is 0. The molecule has 0 saturated carbocycles. The zero-order chi connectivity index (χ0) is 13.7. The number of carbonyl (C=O) groups is 1. The predicted molar refractivity (Wildman–Crippen MR) is 72.5 cm³/mol. The zero-order valence-electron chi connectivity index (χ0n) is 10.2. The van der Waals surface area contributed by atoms with Crippen LogP contribution in [0.15, 0.2) is 16.6 Å². The van der Waals surface area contributed by atoms with Gasteiger partial charge in [-0.25, -0.2) is 4.39 Å². The van der Waals surface area contributed by atoms with Crippen molar-refractivity contribution in [3.05, 3.63) is 27.4 Å². The van der Waals surface area contributed by atoms with Crippen molar-refractivity contribution in [2.24, 2.45) is 0 Å². The molecule has 0 aliphatic carbocycles. The fourth-order valence-electron chi connectivity index (χ4n) is 1.47. The van der Waals surface area contributed by atoms with E-state index >= 15 is 0 Å². The molecule has 0 atom stereocenters. The molecule has 0 bridgehead atoms. The second-order valence-electron chi connectivity index (χ2n) is 3.55. The molecule has 18 heavy (non-hydrogen) atoms. The first-order valence-corrected chi connectivity index (χ1v) is 6.71. The maximum absolute atomic E-state index is 13.6. The van der Waals surface area contributed by atoms with E-state index < -0.39 is 5.82 Å². The van der Waals surface area contributed by atoms with Crippen LogP contribution in [0.1, 0.15) is 13.8 Å². The molecule has 3 nitrogen and oxygen atoms in total. The number of ether oxygens (including phenoxy) is 1. The minimum absolute atomic E-state index is 0.0000869. The lowest BCUT2D eigenvalue weighted by Gasteiger charge is -2.19. The first-order chi connectivity index (χ1) is 8.49. The predicted octanol–water partition coefficient (Wildman–Crippen LogP) is 3.49. The Morgan fingerprint density at radius 3 is 2.56 bits per heavy atom. The van der Waals surface area contributed by atoms with Crippen molar-refractivity contribution in [2.75, 3.05) is 19.7 Å². The maximum atomic E-state index is 13.6. The number of nitrogens with zero attached hydrogens (tertiary/aromatic N) is 1. The van der Waals surface area contributed by atoms with Gasteiger partial charge in [0.15, 0.2) is 18.2 Å². The van der Waals surface area contributed by atoms with E-state index in [1.165, 1.54) is 6.07 Å². The second kappa shape index (κ2) is 6.95. The molecule has 0 N–H and O–H groups in total. The molecule has 0 radical (unpaired) electrons. The van der Waals surface area contributed by atoms with Gasteiger partial charge in [0.05, 0.1) is 4.47 Å². The third-order valence-corrected chi connectivity index (χ3v) is 3.23. The number of carbonyl (C=O) groups excluding carboxylic acids is 1. The van der Waals surface area contributed by atoms with Crippen LogP contribution in [-0.4, -0.2) is 30.5 Å². The van der Waals surface area contributed by atoms with E-state index in [1.54, 1.807) is 4.90 Å². The van der Waals surface area contributed by atoms with E-state index in [4.69, 9.17) is 16.3 Å². The SMILES string of the molecule is CCN(CC)C(=O)COc1c(F)cc(Cl)cc1Br. The van der Waals surface area contributed by atoms with Gasteiger partial charge in [-0.15, -0.1) is 0 Å². The Morgan fingerprint density at radius 1 is 1.44 bits per heavy atom. The van der Waals surface area contributed by atoms with Crippen molar-refractivity contribution < 1.29 is 13.9 Å². The molecule has 0 unspecified atom stereocenters. The Morgan fingerprint density at radius 2 is 2.06 bits per heavy atom. The van der Waals surface area contributed by atoms with Crippen molar-refractivity contribution in [3.63, 3.8) is 0 Å². The van der Waals surface area contributed by atoms with Crippen molar-refractivity contribution >= 4 is 33.4 Å². The third-order valence-electron chi connectivity index (χ3n) is 2.42. The van der Waals surface area contributed by atoms with E-state index in [9.17, 15) is 9.18 Å². The van der Waals surface area contributed by atoms with Crippen molar-refractivity contribution in [2.45, 2.75) is 13.8 Å². The van der Waals surface area contributed by atoms with Crippen LogP contribution < -0.4 is 4.74 Å². The lowest BCUT2D eigenvalue weighted by Crippen LogP contribution is -2.34. The fraction of sp³-hybridized carbons (Fsp3) is 0.417. The first kappa shape index (κ1) is 15.2. The molecule has 6 heteroatoms. The smallest absolute Gasteiger partial charge is 0.260 e. The molecule has 0 spiro atoms. The summed E-state index contributed by atoms with van der Waals surface area (Å²) in [6, 6.07) is 2.66. The lowest BCUT2D eigenvalue weighted by atomic mass is 10.3. The quantitative estimate of drug-likeness (QED) is 0.822. The Kier molecular flexibility index (Phi) is 5.88. The average molecular weight is 339 g/mol. The number of likely N-dealkylation sites (N-methyl/N-ethyl adjacent to an activating group) is 1. The van der Waals surface area contributed by atoms with Gasteiger partial charge in [-0.05, 0) is 41.9 Å². The molecule has 0 saturated heterocycles. The van der Waals surface area contributed by atoms with Crippen molar-refractivity contribution in [3.8, 4) is 5.75 Å². The molecule has 1 rings (SSSR count). The summed E-state index contributed by atoms with van der Waals surface area (Å²) >= 11 is 8.82. The van der Waals surface area contributed by atoms with E-state index in [-0.39, 0.29) is 23.3 Å². The highest BCUT2D eigenvalue weighted by molar-refractivity contribution is 9.10. The largest absolute Gasteiger partial charge is 0.479 e. The molecular formula is C12H14BrClFNO2. The highest BCUT2D eigenvalue weighted by atomic mass is 79.9. The molecule has 100 valence electrons. The maximum Gasteiger partial charge on any atom is 0.260 e. The molecule has 0 fully saturated rings. The van der Waals surface area contributed by atoms with E-state index in [1.807, 2.05) is 13.8 Å². The molecule has 1 aromatic carbocycles. The molecular weight excluding hydrogens is 324 g/mol. The van der Waals surface area contributed by atoms with Gasteiger partial charge in [0.2, 0.25) is 0 Å². The summed E-state index contributed by atoms with van der Waals surface area (Å²) in [5, 5.41) is 0.266. The van der Waals surface area contributed by atoms with Gasteiger partial charge < -0.3 is 9.64 Å². The highest BCUT2D eigenvalue weighted by Gasteiger charge is 2.14. The van der Waals surface area contributed by atoms with Gasteiger partial charge in [0, 0.05) is 18.1 Å². The van der Waals surface area contributed by atoms with Gasteiger partial charge in [-0.1, -0.05) is 11.6 Å². The summed E-state index contributed by atoms with van der Waals surface area (Å²) in [4.78, 5) is 13.3. The fourth-order valence-corrected chi connectivity index (χ4v) is 2.36.